The first-order valence-electron chi connectivity index (χ1n) is 10.4. The molecule has 4 saturated carbocycles. The van der Waals surface area contributed by atoms with Gasteiger partial charge in [-0.25, -0.2) is 4.98 Å². The van der Waals surface area contributed by atoms with Gasteiger partial charge in [-0.05, 0) is 79.2 Å². The van der Waals surface area contributed by atoms with Gasteiger partial charge >= 0.3 is 0 Å². The SMILES string of the molecule is c1csc(-c2sc(-c3cccs3)c3[nH]c(C45CC6CC(CC(C6)C4)C5)nc23)c1. The third kappa shape index (κ3) is 2.27. The number of hydrogen-bond donors (Lipinski definition) is 1. The number of fused-ring (bicyclic) bond motifs is 1. The zero-order valence-corrected chi connectivity index (χ0v) is 18.1. The fourth-order valence-electron chi connectivity index (χ4n) is 6.71. The minimum Gasteiger partial charge on any atom is -0.340 e. The van der Waals surface area contributed by atoms with Crippen LogP contribution in [0.3, 0.4) is 0 Å². The molecule has 0 spiro atoms. The number of aromatic nitrogens is 2. The molecule has 4 aromatic heterocycles. The summed E-state index contributed by atoms with van der Waals surface area (Å²) in [5.41, 5.74) is 2.81. The smallest absolute Gasteiger partial charge is 0.113 e. The number of imidazole rings is 1. The highest BCUT2D eigenvalue weighted by molar-refractivity contribution is 7.27. The largest absolute Gasteiger partial charge is 0.340 e. The van der Waals surface area contributed by atoms with Crippen LogP contribution in [-0.4, -0.2) is 9.97 Å². The van der Waals surface area contributed by atoms with E-state index in [1.54, 1.807) is 0 Å². The molecule has 4 aliphatic carbocycles. The molecule has 0 aromatic carbocycles. The number of H-pyrrole nitrogens is 1. The van der Waals surface area contributed by atoms with Crippen LogP contribution < -0.4 is 0 Å². The molecule has 142 valence electrons. The summed E-state index contributed by atoms with van der Waals surface area (Å²) in [5, 5.41) is 4.36. The van der Waals surface area contributed by atoms with Crippen LogP contribution in [0.15, 0.2) is 35.0 Å². The van der Waals surface area contributed by atoms with E-state index in [-0.39, 0.29) is 0 Å². The zero-order chi connectivity index (χ0) is 18.3. The maximum absolute atomic E-state index is 5.36. The lowest BCUT2D eigenvalue weighted by molar-refractivity contribution is -0.00886. The van der Waals surface area contributed by atoms with E-state index in [1.165, 1.54) is 74.9 Å². The second-order valence-corrected chi connectivity index (χ2v) is 12.1. The molecule has 0 atom stereocenters. The molecule has 0 amide bonds. The van der Waals surface area contributed by atoms with Crippen LogP contribution in [0.5, 0.6) is 0 Å². The van der Waals surface area contributed by atoms with Gasteiger partial charge < -0.3 is 4.98 Å². The van der Waals surface area contributed by atoms with Crippen molar-refractivity contribution in [3.63, 3.8) is 0 Å². The first-order chi connectivity index (χ1) is 13.8. The van der Waals surface area contributed by atoms with Crippen molar-refractivity contribution < 1.29 is 0 Å². The number of nitrogens with zero attached hydrogens (tertiary/aromatic N) is 1. The van der Waals surface area contributed by atoms with Crippen molar-refractivity contribution >= 4 is 45.0 Å². The minimum atomic E-state index is 0.324. The standard InChI is InChI=1S/C23H22N2S3/c1-3-16(26-5-1)20-18-19(21(28-20)17-4-2-6-27-17)25-22(24-18)23-10-13-7-14(11-23)9-15(8-13)12-23/h1-6,13-15H,7-12H2,(H,24,25). The van der Waals surface area contributed by atoms with E-state index < -0.39 is 0 Å². The summed E-state index contributed by atoms with van der Waals surface area (Å²) in [6.45, 7) is 0. The van der Waals surface area contributed by atoms with Crippen molar-refractivity contribution in [2.75, 3.05) is 0 Å². The van der Waals surface area contributed by atoms with Gasteiger partial charge in [-0.3, -0.25) is 0 Å². The van der Waals surface area contributed by atoms with Crippen molar-refractivity contribution in [3.05, 3.63) is 40.8 Å². The van der Waals surface area contributed by atoms with Gasteiger partial charge in [-0.1, -0.05) is 12.1 Å². The average molecular weight is 423 g/mol. The monoisotopic (exact) mass is 422 g/mol. The summed E-state index contributed by atoms with van der Waals surface area (Å²) in [7, 11) is 0. The van der Waals surface area contributed by atoms with Gasteiger partial charge in [-0.2, -0.15) is 0 Å². The molecule has 8 rings (SSSR count). The Kier molecular flexibility index (Phi) is 3.39. The highest BCUT2D eigenvalue weighted by Gasteiger charge is 2.53. The van der Waals surface area contributed by atoms with Crippen LogP contribution in [0.2, 0.25) is 0 Å². The van der Waals surface area contributed by atoms with Crippen molar-refractivity contribution in [1.29, 1.82) is 0 Å². The molecule has 2 nitrogen and oxygen atoms in total. The Balaban J connectivity index is 1.43. The van der Waals surface area contributed by atoms with Gasteiger partial charge in [0, 0.05) is 15.2 Å². The molecule has 4 aliphatic rings. The normalized spacial score (nSPS) is 31.2. The first-order valence-corrected chi connectivity index (χ1v) is 13.0. The van der Waals surface area contributed by atoms with Crippen molar-refractivity contribution in [2.45, 2.75) is 43.9 Å². The van der Waals surface area contributed by atoms with Gasteiger partial charge in [0.05, 0.1) is 15.3 Å². The Hall–Kier alpha value is -1.43. The van der Waals surface area contributed by atoms with Crippen LogP contribution in [0.4, 0.5) is 0 Å². The number of hydrogen-bond acceptors (Lipinski definition) is 4. The predicted molar refractivity (Wildman–Crippen MR) is 120 cm³/mol. The third-order valence-corrected chi connectivity index (χ3v) is 10.7. The van der Waals surface area contributed by atoms with Gasteiger partial charge in [-0.15, -0.1) is 34.0 Å². The Morgan fingerprint density at radius 1 is 0.857 bits per heavy atom. The topological polar surface area (TPSA) is 28.7 Å². The van der Waals surface area contributed by atoms with Crippen LogP contribution in [-0.2, 0) is 5.41 Å². The molecule has 4 heterocycles. The maximum atomic E-state index is 5.36. The number of rotatable bonds is 3. The predicted octanol–water partition coefficient (Wildman–Crippen LogP) is 7.55. The number of aromatic amines is 1. The highest BCUT2D eigenvalue weighted by atomic mass is 32.1. The summed E-state index contributed by atoms with van der Waals surface area (Å²) in [4.78, 5) is 14.7. The molecular formula is C23H22N2S3. The second-order valence-electron chi connectivity index (χ2n) is 9.22. The average Bonchev–Trinajstić information content (AvgIpc) is 3.44. The van der Waals surface area contributed by atoms with E-state index in [1.807, 2.05) is 34.0 Å². The fraction of sp³-hybridized carbons (Fsp3) is 0.435. The molecule has 0 unspecified atom stereocenters. The van der Waals surface area contributed by atoms with Crippen molar-refractivity contribution in [3.8, 4) is 19.5 Å². The van der Waals surface area contributed by atoms with E-state index in [0.29, 0.717) is 5.41 Å². The molecule has 0 radical (unpaired) electrons. The molecular weight excluding hydrogens is 400 g/mol. The summed E-state index contributed by atoms with van der Waals surface area (Å²) < 4.78 is 0. The van der Waals surface area contributed by atoms with E-state index >= 15 is 0 Å². The van der Waals surface area contributed by atoms with Gasteiger partial charge in [0.2, 0.25) is 0 Å². The van der Waals surface area contributed by atoms with E-state index in [4.69, 9.17) is 4.98 Å². The number of nitrogens with one attached hydrogen (secondary N) is 1. The lowest BCUT2D eigenvalue weighted by Gasteiger charge is -2.55. The molecule has 5 heteroatoms. The minimum absolute atomic E-state index is 0.324. The Morgan fingerprint density at radius 3 is 2.04 bits per heavy atom. The molecule has 28 heavy (non-hydrogen) atoms. The van der Waals surface area contributed by atoms with E-state index in [0.717, 1.165) is 17.8 Å². The molecule has 1 N–H and O–H groups in total. The zero-order valence-electron chi connectivity index (χ0n) is 15.6. The van der Waals surface area contributed by atoms with Gasteiger partial charge in [0.15, 0.2) is 0 Å². The second kappa shape index (κ2) is 5.80. The van der Waals surface area contributed by atoms with E-state index in [2.05, 4.69) is 40.0 Å². The lowest BCUT2D eigenvalue weighted by atomic mass is 9.49. The highest BCUT2D eigenvalue weighted by Crippen LogP contribution is 2.60. The number of thiophene rings is 3. The Labute approximate surface area is 176 Å². The van der Waals surface area contributed by atoms with Gasteiger partial charge in [0.1, 0.15) is 11.3 Å². The molecule has 4 aromatic rings. The van der Waals surface area contributed by atoms with E-state index in [9.17, 15) is 0 Å². The first kappa shape index (κ1) is 16.4. The quantitative estimate of drug-likeness (QED) is 0.363. The Morgan fingerprint density at radius 2 is 1.46 bits per heavy atom. The van der Waals surface area contributed by atoms with Crippen LogP contribution in [0.1, 0.15) is 44.3 Å². The molecule has 0 saturated heterocycles. The van der Waals surface area contributed by atoms with Crippen LogP contribution >= 0.6 is 34.0 Å². The summed E-state index contributed by atoms with van der Waals surface area (Å²) in [6, 6.07) is 8.81. The van der Waals surface area contributed by atoms with Crippen LogP contribution in [0, 0.1) is 17.8 Å². The van der Waals surface area contributed by atoms with Crippen molar-refractivity contribution in [1.82, 2.24) is 9.97 Å². The van der Waals surface area contributed by atoms with Crippen molar-refractivity contribution in [2.24, 2.45) is 17.8 Å². The summed E-state index contributed by atoms with van der Waals surface area (Å²) in [6.07, 6.45) is 8.53. The maximum Gasteiger partial charge on any atom is 0.113 e. The lowest BCUT2D eigenvalue weighted by Crippen LogP contribution is -2.49. The molecule has 4 fully saturated rings. The third-order valence-electron chi connectivity index (χ3n) is 7.38. The summed E-state index contributed by atoms with van der Waals surface area (Å²) >= 11 is 5.57. The Bertz CT molecular complexity index is 1040. The fourth-order valence-corrected chi connectivity index (χ4v) is 9.62. The summed E-state index contributed by atoms with van der Waals surface area (Å²) in [5.74, 6) is 4.14. The van der Waals surface area contributed by atoms with Crippen LogP contribution in [0.25, 0.3) is 30.5 Å². The molecule has 0 aliphatic heterocycles. The molecule has 4 bridgehead atoms. The van der Waals surface area contributed by atoms with Gasteiger partial charge in [0.25, 0.3) is 0 Å².